The molecule has 0 radical (unpaired) electrons. The van der Waals surface area contributed by atoms with Gasteiger partial charge in [-0.1, -0.05) is 50.1 Å². The summed E-state index contributed by atoms with van der Waals surface area (Å²) in [5.74, 6) is 0. The van der Waals surface area contributed by atoms with Gasteiger partial charge >= 0.3 is 0 Å². The fourth-order valence-electron chi connectivity index (χ4n) is 1.17. The summed E-state index contributed by atoms with van der Waals surface area (Å²) in [6.45, 7) is 3.64. The number of halogens is 2. The van der Waals surface area contributed by atoms with Gasteiger partial charge in [-0.05, 0) is 24.1 Å². The summed E-state index contributed by atoms with van der Waals surface area (Å²) in [7, 11) is 0. The summed E-state index contributed by atoms with van der Waals surface area (Å²) in [6.07, 6.45) is 3.21. The zero-order valence-corrected chi connectivity index (χ0v) is 10.7. The van der Waals surface area contributed by atoms with E-state index in [2.05, 4.69) is 38.4 Å². The first-order valence-corrected chi connectivity index (χ1v) is 5.73. The van der Waals surface area contributed by atoms with Crippen LogP contribution < -0.4 is 0 Å². The Bertz CT molecular complexity index is 332. The van der Waals surface area contributed by atoms with Crippen molar-refractivity contribution in [3.8, 4) is 0 Å². The van der Waals surface area contributed by atoms with E-state index in [-0.39, 0.29) is 0 Å². The molecule has 74 valence electrons. The Morgan fingerprint density at radius 3 is 2.36 bits per heavy atom. The average Bonchev–Trinajstić information content (AvgIpc) is 2.19. The number of aldehydes is 1. The second-order valence-corrected chi connectivity index (χ2v) is 5.31. The molecule has 14 heavy (non-hydrogen) atoms. The van der Waals surface area contributed by atoms with Crippen molar-refractivity contribution in [3.05, 3.63) is 47.0 Å². The van der Waals surface area contributed by atoms with Crippen LogP contribution in [0.15, 0.2) is 41.4 Å². The molecule has 0 spiro atoms. The van der Waals surface area contributed by atoms with Gasteiger partial charge in [0, 0.05) is 4.47 Å². The maximum absolute atomic E-state index is 11.0. The van der Waals surface area contributed by atoms with Crippen molar-refractivity contribution in [1.29, 1.82) is 0 Å². The second kappa shape index (κ2) is 4.89. The van der Waals surface area contributed by atoms with Gasteiger partial charge in [0.05, 0.1) is 0 Å². The molecule has 0 heterocycles. The fraction of sp³-hybridized carbons (Fsp3) is 0.182. The minimum atomic E-state index is -0.630. The summed E-state index contributed by atoms with van der Waals surface area (Å²) in [4.78, 5) is 11.0. The molecule has 1 aromatic carbocycles. The molecule has 1 nitrogen and oxygen atoms in total. The van der Waals surface area contributed by atoms with Gasteiger partial charge in [0.2, 0.25) is 0 Å². The SMILES string of the molecule is C=CCC(Br)(C=O)c1ccc(Br)cc1. The molecule has 0 N–H and O–H groups in total. The number of hydrogen-bond donors (Lipinski definition) is 0. The van der Waals surface area contributed by atoms with Crippen molar-refractivity contribution in [2.45, 2.75) is 10.7 Å². The molecule has 0 aliphatic heterocycles. The molecule has 3 heteroatoms. The van der Waals surface area contributed by atoms with Gasteiger partial charge in [0.15, 0.2) is 0 Å². The lowest BCUT2D eigenvalue weighted by Crippen LogP contribution is -2.18. The second-order valence-electron chi connectivity index (χ2n) is 2.98. The zero-order chi connectivity index (χ0) is 10.6. The Morgan fingerprint density at radius 2 is 1.93 bits per heavy atom. The van der Waals surface area contributed by atoms with Crippen molar-refractivity contribution in [1.82, 2.24) is 0 Å². The molecule has 0 aliphatic rings. The fourth-order valence-corrected chi connectivity index (χ4v) is 1.93. The van der Waals surface area contributed by atoms with Gasteiger partial charge in [-0.3, -0.25) is 0 Å². The standard InChI is InChI=1S/C11H10Br2O/c1-2-7-11(13,8-14)9-3-5-10(12)6-4-9/h2-6,8H,1,7H2. The Balaban J connectivity index is 3.05. The molecular formula is C11H10Br2O. The first-order valence-electron chi connectivity index (χ1n) is 4.14. The van der Waals surface area contributed by atoms with Gasteiger partial charge in [-0.15, -0.1) is 6.58 Å². The van der Waals surface area contributed by atoms with Crippen LogP contribution in [0.5, 0.6) is 0 Å². The van der Waals surface area contributed by atoms with Crippen molar-refractivity contribution in [3.63, 3.8) is 0 Å². The molecular weight excluding hydrogens is 308 g/mol. The first-order chi connectivity index (χ1) is 6.62. The first kappa shape index (κ1) is 11.7. The highest BCUT2D eigenvalue weighted by Gasteiger charge is 2.26. The quantitative estimate of drug-likeness (QED) is 0.469. The molecule has 1 unspecified atom stereocenters. The molecule has 0 aromatic heterocycles. The highest BCUT2D eigenvalue weighted by atomic mass is 79.9. The average molecular weight is 318 g/mol. The number of allylic oxidation sites excluding steroid dienone is 1. The van der Waals surface area contributed by atoms with E-state index in [4.69, 9.17) is 0 Å². The highest BCUT2D eigenvalue weighted by molar-refractivity contribution is 9.10. The highest BCUT2D eigenvalue weighted by Crippen LogP contribution is 2.33. The smallest absolute Gasteiger partial charge is 0.141 e. The van der Waals surface area contributed by atoms with E-state index >= 15 is 0 Å². The normalized spacial score (nSPS) is 14.4. The van der Waals surface area contributed by atoms with Crippen molar-refractivity contribution in [2.75, 3.05) is 0 Å². The van der Waals surface area contributed by atoms with Crippen LogP contribution in [0.3, 0.4) is 0 Å². The predicted octanol–water partition coefficient (Wildman–Crippen LogP) is 3.81. The Hall–Kier alpha value is -0.410. The summed E-state index contributed by atoms with van der Waals surface area (Å²) in [5.41, 5.74) is 0.940. The maximum Gasteiger partial charge on any atom is 0.141 e. The van der Waals surface area contributed by atoms with E-state index in [0.29, 0.717) is 6.42 Å². The minimum Gasteiger partial charge on any atom is -0.301 e. The molecule has 0 saturated heterocycles. The van der Waals surface area contributed by atoms with E-state index in [0.717, 1.165) is 16.3 Å². The Kier molecular flexibility index (Phi) is 4.08. The lowest BCUT2D eigenvalue weighted by molar-refractivity contribution is -0.109. The summed E-state index contributed by atoms with van der Waals surface area (Å²) >= 11 is 6.77. The van der Waals surface area contributed by atoms with E-state index in [9.17, 15) is 4.79 Å². The van der Waals surface area contributed by atoms with Crippen LogP contribution in [0.25, 0.3) is 0 Å². The van der Waals surface area contributed by atoms with Gasteiger partial charge < -0.3 is 4.79 Å². The number of alkyl halides is 1. The molecule has 0 aliphatic carbocycles. The van der Waals surface area contributed by atoms with E-state index in [1.165, 1.54) is 0 Å². The van der Waals surface area contributed by atoms with Crippen LogP contribution in [0.4, 0.5) is 0 Å². The maximum atomic E-state index is 11.0. The van der Waals surface area contributed by atoms with Crippen LogP contribution in [-0.2, 0) is 9.12 Å². The van der Waals surface area contributed by atoms with Crippen LogP contribution in [-0.4, -0.2) is 6.29 Å². The third-order valence-corrected chi connectivity index (χ3v) is 3.45. The Morgan fingerprint density at radius 1 is 1.36 bits per heavy atom. The van der Waals surface area contributed by atoms with Crippen LogP contribution in [0.2, 0.25) is 0 Å². The largest absolute Gasteiger partial charge is 0.301 e. The van der Waals surface area contributed by atoms with Crippen LogP contribution in [0, 0.1) is 0 Å². The molecule has 0 fully saturated rings. The predicted molar refractivity (Wildman–Crippen MR) is 65.6 cm³/mol. The molecule has 0 bridgehead atoms. The van der Waals surface area contributed by atoms with Crippen LogP contribution in [0.1, 0.15) is 12.0 Å². The number of rotatable bonds is 4. The summed E-state index contributed by atoms with van der Waals surface area (Å²) in [5, 5.41) is 0. The molecule has 0 saturated carbocycles. The van der Waals surface area contributed by atoms with E-state index in [1.807, 2.05) is 24.3 Å². The molecule has 1 atom stereocenters. The van der Waals surface area contributed by atoms with Gasteiger partial charge in [0.25, 0.3) is 0 Å². The summed E-state index contributed by atoms with van der Waals surface area (Å²) in [6, 6.07) is 7.66. The molecule has 1 rings (SSSR count). The molecule has 0 amide bonds. The number of carbonyl (C=O) groups excluding carboxylic acids is 1. The summed E-state index contributed by atoms with van der Waals surface area (Å²) < 4.78 is 0.371. The number of benzene rings is 1. The topological polar surface area (TPSA) is 17.1 Å². The van der Waals surface area contributed by atoms with Crippen LogP contribution >= 0.6 is 31.9 Å². The van der Waals surface area contributed by atoms with E-state index in [1.54, 1.807) is 6.08 Å². The van der Waals surface area contributed by atoms with Crippen molar-refractivity contribution < 1.29 is 4.79 Å². The van der Waals surface area contributed by atoms with E-state index < -0.39 is 4.32 Å². The van der Waals surface area contributed by atoms with Crippen molar-refractivity contribution >= 4 is 38.1 Å². The lowest BCUT2D eigenvalue weighted by Gasteiger charge is -2.19. The van der Waals surface area contributed by atoms with Crippen molar-refractivity contribution in [2.24, 2.45) is 0 Å². The molecule has 1 aromatic rings. The number of hydrogen-bond acceptors (Lipinski definition) is 1. The minimum absolute atomic E-state index is 0.581. The third-order valence-electron chi connectivity index (χ3n) is 1.95. The lowest BCUT2D eigenvalue weighted by atomic mass is 9.97. The van der Waals surface area contributed by atoms with Gasteiger partial charge in [0.1, 0.15) is 10.6 Å². The monoisotopic (exact) mass is 316 g/mol. The van der Waals surface area contributed by atoms with Gasteiger partial charge in [-0.25, -0.2) is 0 Å². The van der Waals surface area contributed by atoms with Gasteiger partial charge in [-0.2, -0.15) is 0 Å². The zero-order valence-electron chi connectivity index (χ0n) is 7.54. The third kappa shape index (κ3) is 2.55. The number of carbonyl (C=O) groups is 1. The Labute approximate surface area is 100 Å².